The zero-order chi connectivity index (χ0) is 13.8. The molecule has 110 valence electrons. The van der Waals surface area contributed by atoms with E-state index >= 15 is 0 Å². The lowest BCUT2D eigenvalue weighted by molar-refractivity contribution is 0.174. The lowest BCUT2D eigenvalue weighted by Gasteiger charge is -2.31. The topological polar surface area (TPSA) is 32.6 Å². The Morgan fingerprint density at radius 3 is 3.00 bits per heavy atom. The average molecular weight is 292 g/mol. The van der Waals surface area contributed by atoms with Crippen LogP contribution in [-0.2, 0) is 6.54 Å². The van der Waals surface area contributed by atoms with Gasteiger partial charge in [0.2, 0.25) is 0 Å². The van der Waals surface area contributed by atoms with Crippen LogP contribution in [0.4, 0.5) is 0 Å². The monoisotopic (exact) mass is 292 g/mol. The SMILES string of the molecule is CCCNCC1CCN(Cc2cn3ccsc3n2)CC1. The second-order valence-electron chi connectivity index (χ2n) is 5.75. The number of hydrogen-bond acceptors (Lipinski definition) is 4. The van der Waals surface area contributed by atoms with Gasteiger partial charge in [0.1, 0.15) is 0 Å². The molecule has 3 rings (SSSR count). The molecule has 0 spiro atoms. The summed E-state index contributed by atoms with van der Waals surface area (Å²) in [4.78, 5) is 8.33. The van der Waals surface area contributed by atoms with Crippen molar-refractivity contribution in [3.05, 3.63) is 23.5 Å². The van der Waals surface area contributed by atoms with Gasteiger partial charge in [0.05, 0.1) is 5.69 Å². The Balaban J connectivity index is 1.45. The maximum Gasteiger partial charge on any atom is 0.193 e. The number of hydrogen-bond donors (Lipinski definition) is 1. The number of thiazole rings is 1. The van der Waals surface area contributed by atoms with Crippen molar-refractivity contribution in [2.45, 2.75) is 32.7 Å². The first-order valence-electron chi connectivity index (χ1n) is 7.69. The molecule has 0 aromatic carbocycles. The molecule has 1 aliphatic heterocycles. The number of fused-ring (bicyclic) bond motifs is 1. The van der Waals surface area contributed by atoms with Crippen molar-refractivity contribution in [1.29, 1.82) is 0 Å². The van der Waals surface area contributed by atoms with Crippen LogP contribution >= 0.6 is 11.3 Å². The predicted octanol–water partition coefficient (Wildman–Crippen LogP) is 2.61. The third-order valence-corrected chi connectivity index (χ3v) is 4.87. The van der Waals surface area contributed by atoms with E-state index in [9.17, 15) is 0 Å². The first-order chi connectivity index (χ1) is 9.85. The fraction of sp³-hybridized carbons (Fsp3) is 0.667. The van der Waals surface area contributed by atoms with Crippen molar-refractivity contribution in [2.75, 3.05) is 26.2 Å². The first kappa shape index (κ1) is 14.0. The van der Waals surface area contributed by atoms with Crippen molar-refractivity contribution in [2.24, 2.45) is 5.92 Å². The third-order valence-electron chi connectivity index (χ3n) is 4.10. The molecule has 2 aromatic heterocycles. The molecule has 3 heterocycles. The molecule has 0 radical (unpaired) electrons. The van der Waals surface area contributed by atoms with Crippen molar-refractivity contribution in [3.63, 3.8) is 0 Å². The van der Waals surface area contributed by atoms with Crippen LogP contribution in [0.5, 0.6) is 0 Å². The molecule has 1 fully saturated rings. The summed E-state index contributed by atoms with van der Waals surface area (Å²) in [5, 5.41) is 5.63. The summed E-state index contributed by atoms with van der Waals surface area (Å²) in [6, 6.07) is 0. The molecule has 0 saturated carbocycles. The molecule has 1 aliphatic rings. The Morgan fingerprint density at radius 1 is 1.40 bits per heavy atom. The van der Waals surface area contributed by atoms with Crippen LogP contribution in [0.15, 0.2) is 17.8 Å². The van der Waals surface area contributed by atoms with E-state index in [1.54, 1.807) is 11.3 Å². The van der Waals surface area contributed by atoms with Gasteiger partial charge in [-0.2, -0.15) is 0 Å². The minimum atomic E-state index is 0.864. The highest BCUT2D eigenvalue weighted by Crippen LogP contribution is 2.19. The minimum Gasteiger partial charge on any atom is -0.316 e. The molecule has 1 saturated heterocycles. The van der Waals surface area contributed by atoms with E-state index in [0.717, 1.165) is 24.0 Å². The Labute approximate surface area is 124 Å². The van der Waals surface area contributed by atoms with Gasteiger partial charge in [-0.05, 0) is 51.4 Å². The van der Waals surface area contributed by atoms with Crippen LogP contribution < -0.4 is 5.32 Å². The fourth-order valence-corrected chi connectivity index (χ4v) is 3.63. The van der Waals surface area contributed by atoms with Crippen LogP contribution in [0.1, 0.15) is 31.9 Å². The normalized spacial score (nSPS) is 18.1. The largest absolute Gasteiger partial charge is 0.316 e. The number of rotatable bonds is 6. The molecular formula is C15H24N4S. The van der Waals surface area contributed by atoms with E-state index < -0.39 is 0 Å². The van der Waals surface area contributed by atoms with E-state index in [1.165, 1.54) is 44.6 Å². The van der Waals surface area contributed by atoms with E-state index in [1.807, 2.05) is 0 Å². The fourth-order valence-electron chi connectivity index (χ4n) is 2.91. The summed E-state index contributed by atoms with van der Waals surface area (Å²) in [7, 11) is 0. The van der Waals surface area contributed by atoms with Gasteiger partial charge in [-0.3, -0.25) is 9.30 Å². The summed E-state index contributed by atoms with van der Waals surface area (Å²) in [6.45, 7) is 8.01. The third kappa shape index (κ3) is 3.40. The minimum absolute atomic E-state index is 0.864. The summed E-state index contributed by atoms with van der Waals surface area (Å²) in [5.74, 6) is 0.864. The van der Waals surface area contributed by atoms with Crippen LogP contribution in [0.2, 0.25) is 0 Å². The van der Waals surface area contributed by atoms with Gasteiger partial charge in [0, 0.05) is 24.3 Å². The molecule has 1 N–H and O–H groups in total. The molecule has 20 heavy (non-hydrogen) atoms. The van der Waals surface area contributed by atoms with Crippen molar-refractivity contribution >= 4 is 16.3 Å². The maximum atomic E-state index is 4.67. The summed E-state index contributed by atoms with van der Waals surface area (Å²) >= 11 is 1.71. The average Bonchev–Trinajstić information content (AvgIpc) is 3.02. The first-order valence-corrected chi connectivity index (χ1v) is 8.57. The Hall–Kier alpha value is -0.910. The number of aromatic nitrogens is 2. The molecule has 0 atom stereocenters. The molecule has 0 bridgehead atoms. The van der Waals surface area contributed by atoms with Crippen LogP contribution in [-0.4, -0.2) is 40.5 Å². The van der Waals surface area contributed by atoms with Crippen LogP contribution in [0.25, 0.3) is 4.96 Å². The molecular weight excluding hydrogens is 268 g/mol. The summed E-state index contributed by atoms with van der Waals surface area (Å²) in [5.41, 5.74) is 1.21. The van der Waals surface area contributed by atoms with Gasteiger partial charge in [0.25, 0.3) is 0 Å². The highest BCUT2D eigenvalue weighted by Gasteiger charge is 2.19. The highest BCUT2D eigenvalue weighted by molar-refractivity contribution is 7.15. The number of likely N-dealkylation sites (tertiary alicyclic amines) is 1. The Kier molecular flexibility index (Phi) is 4.70. The van der Waals surface area contributed by atoms with E-state index in [4.69, 9.17) is 0 Å². The molecule has 0 amide bonds. The van der Waals surface area contributed by atoms with Crippen molar-refractivity contribution in [3.8, 4) is 0 Å². The summed E-state index contributed by atoms with van der Waals surface area (Å²) in [6.07, 6.45) is 8.12. The molecule has 4 nitrogen and oxygen atoms in total. The van der Waals surface area contributed by atoms with Gasteiger partial charge < -0.3 is 5.32 Å². The van der Waals surface area contributed by atoms with Crippen LogP contribution in [0, 0.1) is 5.92 Å². The molecule has 2 aromatic rings. The lowest BCUT2D eigenvalue weighted by Crippen LogP contribution is -2.37. The number of nitrogens with one attached hydrogen (secondary N) is 1. The number of piperidine rings is 1. The van der Waals surface area contributed by atoms with E-state index in [2.05, 4.69) is 44.3 Å². The maximum absolute atomic E-state index is 4.67. The van der Waals surface area contributed by atoms with Gasteiger partial charge in [0.15, 0.2) is 4.96 Å². The van der Waals surface area contributed by atoms with Gasteiger partial charge >= 0.3 is 0 Å². The van der Waals surface area contributed by atoms with Gasteiger partial charge in [-0.25, -0.2) is 4.98 Å². The van der Waals surface area contributed by atoms with Gasteiger partial charge in [-0.1, -0.05) is 6.92 Å². The standard InChI is InChI=1S/C15H24N4S/c1-2-5-16-10-13-3-6-18(7-4-13)11-14-12-19-8-9-20-15(19)17-14/h8-9,12-13,16H,2-7,10-11H2,1H3. The second kappa shape index (κ2) is 6.70. The predicted molar refractivity (Wildman–Crippen MR) is 84.2 cm³/mol. The van der Waals surface area contributed by atoms with Gasteiger partial charge in [-0.15, -0.1) is 11.3 Å². The zero-order valence-corrected chi connectivity index (χ0v) is 13.0. The zero-order valence-electron chi connectivity index (χ0n) is 12.2. The quantitative estimate of drug-likeness (QED) is 0.831. The summed E-state index contributed by atoms with van der Waals surface area (Å²) < 4.78 is 2.13. The van der Waals surface area contributed by atoms with Crippen molar-refractivity contribution in [1.82, 2.24) is 19.6 Å². The lowest BCUT2D eigenvalue weighted by atomic mass is 9.96. The van der Waals surface area contributed by atoms with Crippen LogP contribution in [0.3, 0.4) is 0 Å². The Bertz CT molecular complexity index is 496. The molecule has 5 heteroatoms. The number of imidazole rings is 1. The second-order valence-corrected chi connectivity index (χ2v) is 6.62. The smallest absolute Gasteiger partial charge is 0.193 e. The molecule has 0 unspecified atom stereocenters. The van der Waals surface area contributed by atoms with E-state index in [-0.39, 0.29) is 0 Å². The number of nitrogens with zero attached hydrogens (tertiary/aromatic N) is 3. The Morgan fingerprint density at radius 2 is 2.25 bits per heavy atom. The highest BCUT2D eigenvalue weighted by atomic mass is 32.1. The van der Waals surface area contributed by atoms with E-state index in [0.29, 0.717) is 0 Å². The van der Waals surface area contributed by atoms with Crippen molar-refractivity contribution < 1.29 is 0 Å². The molecule has 0 aliphatic carbocycles.